The van der Waals surface area contributed by atoms with E-state index in [9.17, 15) is 19.5 Å². The Morgan fingerprint density at radius 2 is 1.74 bits per heavy atom. The van der Waals surface area contributed by atoms with E-state index in [1.165, 1.54) is 9.80 Å². The molecule has 1 spiro atoms. The monoisotopic (exact) mass is 464 g/mol. The first-order chi connectivity index (χ1) is 16.4. The third-order valence-corrected chi connectivity index (χ3v) is 6.27. The summed E-state index contributed by atoms with van der Waals surface area (Å²) in [5, 5.41) is 11.4. The van der Waals surface area contributed by atoms with Gasteiger partial charge in [0.2, 0.25) is 0 Å². The van der Waals surface area contributed by atoms with Gasteiger partial charge in [-0.15, -0.1) is 0 Å². The molecular formula is C26H28N2O6. The number of benzene rings is 2. The number of aliphatic hydroxyl groups is 1. The van der Waals surface area contributed by atoms with Gasteiger partial charge in [-0.3, -0.25) is 14.4 Å². The van der Waals surface area contributed by atoms with Crippen LogP contribution in [0.3, 0.4) is 0 Å². The summed E-state index contributed by atoms with van der Waals surface area (Å²) < 4.78 is 10.7. The predicted molar refractivity (Wildman–Crippen MR) is 127 cm³/mol. The van der Waals surface area contributed by atoms with Gasteiger partial charge >= 0.3 is 0 Å². The number of anilines is 1. The number of likely N-dealkylation sites (tertiary alicyclic amines) is 1. The molecule has 1 fully saturated rings. The molecule has 1 saturated heterocycles. The zero-order valence-electron chi connectivity index (χ0n) is 19.5. The molecule has 2 aromatic carbocycles. The number of para-hydroxylation sites is 1. The highest BCUT2D eigenvalue weighted by molar-refractivity contribution is 6.50. The van der Waals surface area contributed by atoms with Crippen LogP contribution in [0.2, 0.25) is 0 Å². The van der Waals surface area contributed by atoms with E-state index in [0.29, 0.717) is 42.2 Å². The Balaban J connectivity index is 1.91. The summed E-state index contributed by atoms with van der Waals surface area (Å²) in [5.74, 6) is -1.95. The van der Waals surface area contributed by atoms with Crippen molar-refractivity contribution in [2.75, 3.05) is 38.8 Å². The molecule has 0 saturated carbocycles. The van der Waals surface area contributed by atoms with E-state index in [-0.39, 0.29) is 12.1 Å². The molecule has 2 aliphatic heterocycles. The first-order valence-electron chi connectivity index (χ1n) is 11.3. The minimum absolute atomic E-state index is 0.118. The fourth-order valence-electron chi connectivity index (χ4n) is 4.71. The second-order valence-corrected chi connectivity index (χ2v) is 8.32. The SMILES string of the molecule is CCCOc1ccc(/C(O)=C2\C(=O)C(=O)N(CCCOC)[C@]23C(=O)N(C)c2ccccc23)cc1. The van der Waals surface area contributed by atoms with E-state index in [4.69, 9.17) is 9.47 Å². The van der Waals surface area contributed by atoms with Crippen LogP contribution >= 0.6 is 0 Å². The third kappa shape index (κ3) is 3.45. The Kier molecular flexibility index (Phi) is 6.43. The van der Waals surface area contributed by atoms with Gasteiger partial charge < -0.3 is 24.4 Å². The molecule has 2 amide bonds. The van der Waals surface area contributed by atoms with Crippen molar-refractivity contribution in [1.29, 1.82) is 0 Å². The summed E-state index contributed by atoms with van der Waals surface area (Å²) in [7, 11) is 3.15. The van der Waals surface area contributed by atoms with E-state index in [2.05, 4.69) is 0 Å². The molecule has 178 valence electrons. The zero-order valence-corrected chi connectivity index (χ0v) is 19.5. The van der Waals surface area contributed by atoms with Crippen molar-refractivity contribution in [3.05, 3.63) is 65.2 Å². The molecule has 8 nitrogen and oxygen atoms in total. The van der Waals surface area contributed by atoms with Crippen LogP contribution in [0, 0.1) is 0 Å². The van der Waals surface area contributed by atoms with Gasteiger partial charge in [0.05, 0.1) is 12.2 Å². The van der Waals surface area contributed by atoms with Crippen LogP contribution in [0.15, 0.2) is 54.1 Å². The Morgan fingerprint density at radius 3 is 2.41 bits per heavy atom. The Bertz CT molecular complexity index is 1160. The number of carbonyl (C=O) groups is 3. The van der Waals surface area contributed by atoms with Crippen molar-refractivity contribution in [3.8, 4) is 5.75 Å². The molecule has 2 aromatic rings. The zero-order chi connectivity index (χ0) is 24.5. The van der Waals surface area contributed by atoms with Crippen LogP contribution in [0.25, 0.3) is 5.76 Å². The van der Waals surface area contributed by atoms with E-state index in [1.807, 2.05) is 6.92 Å². The summed E-state index contributed by atoms with van der Waals surface area (Å²) in [6, 6.07) is 13.6. The van der Waals surface area contributed by atoms with Crippen molar-refractivity contribution in [1.82, 2.24) is 4.90 Å². The molecule has 2 aliphatic rings. The molecule has 0 bridgehead atoms. The third-order valence-electron chi connectivity index (χ3n) is 6.27. The number of ether oxygens (including phenoxy) is 2. The lowest BCUT2D eigenvalue weighted by atomic mass is 9.82. The van der Waals surface area contributed by atoms with Gasteiger partial charge in [0.25, 0.3) is 17.6 Å². The standard InChI is InChI=1S/C26H28N2O6/c1-4-15-34-18-12-10-17(11-13-18)22(29)21-23(30)24(31)28(14-7-16-33-3)26(21)19-8-5-6-9-20(19)27(2)25(26)32/h5-6,8-13,29H,4,7,14-16H2,1-3H3/b22-21-/t26-/m0/s1. The first-order valence-corrected chi connectivity index (χ1v) is 11.3. The topological polar surface area (TPSA) is 96.4 Å². The lowest BCUT2D eigenvalue weighted by molar-refractivity contribution is -0.143. The van der Waals surface area contributed by atoms with Crippen LogP contribution in [0.5, 0.6) is 5.75 Å². The molecule has 0 radical (unpaired) electrons. The quantitative estimate of drug-likeness (QED) is 0.279. The number of nitrogens with zero attached hydrogens (tertiary/aromatic N) is 2. The number of ketones is 1. The van der Waals surface area contributed by atoms with E-state index in [0.717, 1.165) is 6.42 Å². The van der Waals surface area contributed by atoms with Gasteiger partial charge in [0.1, 0.15) is 11.5 Å². The first kappa shape index (κ1) is 23.5. The van der Waals surface area contributed by atoms with Crippen LogP contribution in [0.1, 0.15) is 30.9 Å². The van der Waals surface area contributed by atoms with Gasteiger partial charge in [0.15, 0.2) is 5.54 Å². The number of rotatable bonds is 8. The summed E-state index contributed by atoms with van der Waals surface area (Å²) in [4.78, 5) is 43.1. The highest BCUT2D eigenvalue weighted by Crippen LogP contribution is 2.53. The van der Waals surface area contributed by atoms with Crippen molar-refractivity contribution < 1.29 is 29.0 Å². The number of aliphatic hydroxyl groups excluding tert-OH is 1. The lowest BCUT2D eigenvalue weighted by Gasteiger charge is -2.34. The molecule has 34 heavy (non-hydrogen) atoms. The number of likely N-dealkylation sites (N-methyl/N-ethyl adjacent to an activating group) is 1. The van der Waals surface area contributed by atoms with Crippen molar-refractivity contribution >= 4 is 29.0 Å². The number of carbonyl (C=O) groups excluding carboxylic acids is 3. The normalized spacial score (nSPS) is 21.0. The number of Topliss-reactive ketones (excluding diaryl/α,β-unsaturated/α-hetero) is 1. The maximum atomic E-state index is 13.8. The van der Waals surface area contributed by atoms with Crippen molar-refractivity contribution in [2.45, 2.75) is 25.3 Å². The van der Waals surface area contributed by atoms with E-state index < -0.39 is 28.9 Å². The van der Waals surface area contributed by atoms with E-state index >= 15 is 0 Å². The van der Waals surface area contributed by atoms with Gasteiger partial charge in [0, 0.05) is 44.1 Å². The highest BCUT2D eigenvalue weighted by atomic mass is 16.5. The predicted octanol–water partition coefficient (Wildman–Crippen LogP) is 3.06. The molecular weight excluding hydrogens is 436 g/mol. The summed E-state index contributed by atoms with van der Waals surface area (Å²) in [6.45, 7) is 3.02. The minimum Gasteiger partial charge on any atom is -0.507 e. The average molecular weight is 465 g/mol. The summed E-state index contributed by atoms with van der Waals surface area (Å²) >= 11 is 0. The fourth-order valence-corrected chi connectivity index (χ4v) is 4.71. The largest absolute Gasteiger partial charge is 0.507 e. The smallest absolute Gasteiger partial charge is 0.296 e. The molecule has 4 rings (SSSR count). The van der Waals surface area contributed by atoms with Gasteiger partial charge in [-0.25, -0.2) is 0 Å². The molecule has 1 atom stereocenters. The summed E-state index contributed by atoms with van der Waals surface area (Å²) in [6.07, 6.45) is 1.28. The molecule has 1 N–H and O–H groups in total. The molecule has 2 heterocycles. The Morgan fingerprint density at radius 1 is 1.03 bits per heavy atom. The molecule has 8 heteroatoms. The van der Waals surface area contributed by atoms with Gasteiger partial charge in [-0.1, -0.05) is 25.1 Å². The second-order valence-electron chi connectivity index (χ2n) is 8.32. The fraction of sp³-hybridized carbons (Fsp3) is 0.346. The Hall–Kier alpha value is -3.65. The number of hydrogen-bond donors (Lipinski definition) is 1. The van der Waals surface area contributed by atoms with Crippen LogP contribution < -0.4 is 9.64 Å². The van der Waals surface area contributed by atoms with Crippen LogP contribution in [-0.4, -0.2) is 61.5 Å². The van der Waals surface area contributed by atoms with Crippen molar-refractivity contribution in [3.63, 3.8) is 0 Å². The summed E-state index contributed by atoms with van der Waals surface area (Å²) in [5.41, 5.74) is -0.574. The van der Waals surface area contributed by atoms with Crippen LogP contribution in [-0.2, 0) is 24.7 Å². The second kappa shape index (κ2) is 9.30. The maximum absolute atomic E-state index is 13.8. The van der Waals surface area contributed by atoms with Gasteiger partial charge in [-0.2, -0.15) is 0 Å². The number of hydrogen-bond acceptors (Lipinski definition) is 6. The minimum atomic E-state index is -1.74. The molecule has 0 unspecified atom stereocenters. The number of amides is 2. The number of fused-ring (bicyclic) bond motifs is 2. The van der Waals surface area contributed by atoms with Gasteiger partial charge in [-0.05, 0) is 43.2 Å². The van der Waals surface area contributed by atoms with Crippen LogP contribution in [0.4, 0.5) is 5.69 Å². The van der Waals surface area contributed by atoms with E-state index in [1.54, 1.807) is 62.7 Å². The average Bonchev–Trinajstić information content (AvgIpc) is 3.21. The Labute approximate surface area is 198 Å². The number of methoxy groups -OCH3 is 1. The molecule has 0 aliphatic carbocycles. The molecule has 0 aromatic heterocycles. The lowest BCUT2D eigenvalue weighted by Crippen LogP contribution is -2.51. The van der Waals surface area contributed by atoms with Crippen molar-refractivity contribution in [2.24, 2.45) is 0 Å². The highest BCUT2D eigenvalue weighted by Gasteiger charge is 2.66. The maximum Gasteiger partial charge on any atom is 0.296 e.